The summed E-state index contributed by atoms with van der Waals surface area (Å²) in [5.74, 6) is 1.52. The van der Waals surface area contributed by atoms with Gasteiger partial charge in [0.15, 0.2) is 0 Å². The molecule has 1 saturated heterocycles. The molecule has 3 rings (SSSR count). The van der Waals surface area contributed by atoms with Crippen molar-refractivity contribution in [3.05, 3.63) is 42.0 Å². The summed E-state index contributed by atoms with van der Waals surface area (Å²) >= 11 is 0. The molecule has 0 amide bonds. The van der Waals surface area contributed by atoms with Crippen molar-refractivity contribution in [1.82, 2.24) is 4.90 Å². The van der Waals surface area contributed by atoms with Crippen molar-refractivity contribution in [2.24, 2.45) is 0 Å². The van der Waals surface area contributed by atoms with Crippen molar-refractivity contribution in [2.45, 2.75) is 25.7 Å². The largest absolute Gasteiger partial charge is 0.497 e. The standard InChI is InChI=1S/C18H23NO/c1-14(13-19-9-3-4-10-19)15-5-6-17-12-18(20-2)8-7-16(17)11-15/h5-8,11-12,14H,3-4,9-10,13H2,1-2H3. The van der Waals surface area contributed by atoms with Crippen molar-refractivity contribution >= 4 is 10.8 Å². The molecule has 0 saturated carbocycles. The van der Waals surface area contributed by atoms with Gasteiger partial charge in [0.05, 0.1) is 7.11 Å². The first-order valence-corrected chi connectivity index (χ1v) is 7.56. The maximum absolute atomic E-state index is 5.28. The average Bonchev–Trinajstić information content (AvgIpc) is 2.99. The molecule has 1 heterocycles. The Bertz CT molecular complexity index is 587. The van der Waals surface area contributed by atoms with Gasteiger partial charge in [0.2, 0.25) is 0 Å². The van der Waals surface area contributed by atoms with E-state index >= 15 is 0 Å². The van der Waals surface area contributed by atoms with E-state index in [9.17, 15) is 0 Å². The highest BCUT2D eigenvalue weighted by Crippen LogP contribution is 2.26. The van der Waals surface area contributed by atoms with E-state index in [0.717, 1.165) is 5.75 Å². The minimum atomic E-state index is 0.597. The number of hydrogen-bond donors (Lipinski definition) is 0. The van der Waals surface area contributed by atoms with Gasteiger partial charge in [-0.05, 0) is 60.3 Å². The fourth-order valence-corrected chi connectivity index (χ4v) is 3.13. The Morgan fingerprint density at radius 3 is 2.50 bits per heavy atom. The zero-order valence-electron chi connectivity index (χ0n) is 12.4. The summed E-state index contributed by atoms with van der Waals surface area (Å²) in [6, 6.07) is 13.1. The van der Waals surface area contributed by atoms with E-state index in [4.69, 9.17) is 4.74 Å². The van der Waals surface area contributed by atoms with Crippen molar-refractivity contribution in [1.29, 1.82) is 0 Å². The fourth-order valence-electron chi connectivity index (χ4n) is 3.13. The van der Waals surface area contributed by atoms with Gasteiger partial charge in [-0.2, -0.15) is 0 Å². The molecule has 0 N–H and O–H groups in total. The first kappa shape index (κ1) is 13.4. The number of likely N-dealkylation sites (tertiary alicyclic amines) is 1. The van der Waals surface area contributed by atoms with Crippen molar-refractivity contribution < 1.29 is 4.74 Å². The van der Waals surface area contributed by atoms with E-state index in [2.05, 4.69) is 42.2 Å². The van der Waals surface area contributed by atoms with Crippen LogP contribution in [0.25, 0.3) is 10.8 Å². The molecule has 2 heteroatoms. The minimum absolute atomic E-state index is 0.597. The SMILES string of the molecule is COc1ccc2cc(C(C)CN3CCCC3)ccc2c1. The van der Waals surface area contributed by atoms with Crippen LogP contribution in [0.15, 0.2) is 36.4 Å². The molecular formula is C18H23NO. The van der Waals surface area contributed by atoms with E-state index in [0.29, 0.717) is 5.92 Å². The van der Waals surface area contributed by atoms with Crippen LogP contribution < -0.4 is 4.74 Å². The van der Waals surface area contributed by atoms with Crippen LogP contribution in [0.3, 0.4) is 0 Å². The summed E-state index contributed by atoms with van der Waals surface area (Å²) in [5, 5.41) is 2.55. The number of ether oxygens (including phenoxy) is 1. The van der Waals surface area contributed by atoms with Crippen LogP contribution in [-0.2, 0) is 0 Å². The molecule has 2 aromatic rings. The Morgan fingerprint density at radius 2 is 1.75 bits per heavy atom. The van der Waals surface area contributed by atoms with Crippen molar-refractivity contribution in [3.63, 3.8) is 0 Å². The molecule has 0 bridgehead atoms. The van der Waals surface area contributed by atoms with E-state index in [1.54, 1.807) is 7.11 Å². The highest BCUT2D eigenvalue weighted by Gasteiger charge is 2.15. The van der Waals surface area contributed by atoms with Crippen LogP contribution in [0.2, 0.25) is 0 Å². The zero-order valence-corrected chi connectivity index (χ0v) is 12.4. The predicted octanol–water partition coefficient (Wildman–Crippen LogP) is 4.05. The molecule has 1 atom stereocenters. The first-order valence-electron chi connectivity index (χ1n) is 7.56. The van der Waals surface area contributed by atoms with Gasteiger partial charge < -0.3 is 9.64 Å². The number of hydrogen-bond acceptors (Lipinski definition) is 2. The van der Waals surface area contributed by atoms with Gasteiger partial charge in [0.1, 0.15) is 5.75 Å². The minimum Gasteiger partial charge on any atom is -0.497 e. The van der Waals surface area contributed by atoms with Crippen LogP contribution in [0.4, 0.5) is 0 Å². The average molecular weight is 269 g/mol. The third-order valence-corrected chi connectivity index (χ3v) is 4.37. The lowest BCUT2D eigenvalue weighted by molar-refractivity contribution is 0.321. The summed E-state index contributed by atoms with van der Waals surface area (Å²) in [5.41, 5.74) is 1.44. The van der Waals surface area contributed by atoms with Crippen molar-refractivity contribution in [2.75, 3.05) is 26.7 Å². The number of rotatable bonds is 4. The Hall–Kier alpha value is -1.54. The topological polar surface area (TPSA) is 12.5 Å². The van der Waals surface area contributed by atoms with Gasteiger partial charge in [0.25, 0.3) is 0 Å². The van der Waals surface area contributed by atoms with Gasteiger partial charge in [-0.3, -0.25) is 0 Å². The smallest absolute Gasteiger partial charge is 0.119 e. The first-order chi connectivity index (χ1) is 9.76. The van der Waals surface area contributed by atoms with Crippen LogP contribution in [0.1, 0.15) is 31.2 Å². The lowest BCUT2D eigenvalue weighted by Gasteiger charge is -2.20. The third kappa shape index (κ3) is 2.80. The molecule has 0 aliphatic carbocycles. The number of benzene rings is 2. The summed E-state index contributed by atoms with van der Waals surface area (Å²) in [6.07, 6.45) is 2.73. The van der Waals surface area contributed by atoms with Gasteiger partial charge in [-0.1, -0.05) is 31.2 Å². The number of fused-ring (bicyclic) bond motifs is 1. The highest BCUT2D eigenvalue weighted by atomic mass is 16.5. The second-order valence-electron chi connectivity index (χ2n) is 5.88. The predicted molar refractivity (Wildman–Crippen MR) is 84.6 cm³/mol. The van der Waals surface area contributed by atoms with Crippen molar-refractivity contribution in [3.8, 4) is 5.75 Å². The molecular weight excluding hydrogens is 246 g/mol. The molecule has 2 aromatic carbocycles. The lowest BCUT2D eigenvalue weighted by Crippen LogP contribution is -2.24. The monoisotopic (exact) mass is 269 g/mol. The van der Waals surface area contributed by atoms with Gasteiger partial charge in [0, 0.05) is 6.54 Å². The molecule has 1 aliphatic rings. The summed E-state index contributed by atoms with van der Waals surface area (Å²) in [6.45, 7) is 6.06. The molecule has 2 nitrogen and oxygen atoms in total. The number of methoxy groups -OCH3 is 1. The fraction of sp³-hybridized carbons (Fsp3) is 0.444. The molecule has 0 radical (unpaired) electrons. The van der Waals surface area contributed by atoms with E-state index in [1.807, 2.05) is 6.07 Å². The van der Waals surface area contributed by atoms with Crippen LogP contribution in [0, 0.1) is 0 Å². The Kier molecular flexibility index (Phi) is 3.93. The van der Waals surface area contributed by atoms with Crippen LogP contribution >= 0.6 is 0 Å². The molecule has 1 unspecified atom stereocenters. The quantitative estimate of drug-likeness (QED) is 0.830. The molecule has 20 heavy (non-hydrogen) atoms. The second-order valence-corrected chi connectivity index (χ2v) is 5.88. The lowest BCUT2D eigenvalue weighted by atomic mass is 9.97. The van der Waals surface area contributed by atoms with Crippen LogP contribution in [-0.4, -0.2) is 31.6 Å². The molecule has 1 aliphatic heterocycles. The molecule has 0 aromatic heterocycles. The summed E-state index contributed by atoms with van der Waals surface area (Å²) in [7, 11) is 1.72. The third-order valence-electron chi connectivity index (χ3n) is 4.37. The Morgan fingerprint density at radius 1 is 1.05 bits per heavy atom. The van der Waals surface area contributed by atoms with E-state index in [-0.39, 0.29) is 0 Å². The Labute approximate surface area is 121 Å². The maximum Gasteiger partial charge on any atom is 0.119 e. The van der Waals surface area contributed by atoms with Gasteiger partial charge >= 0.3 is 0 Å². The van der Waals surface area contributed by atoms with Crippen LogP contribution in [0.5, 0.6) is 5.75 Å². The maximum atomic E-state index is 5.28. The van der Waals surface area contributed by atoms with E-state index < -0.39 is 0 Å². The van der Waals surface area contributed by atoms with E-state index in [1.165, 1.54) is 48.8 Å². The Balaban J connectivity index is 1.80. The van der Waals surface area contributed by atoms with Gasteiger partial charge in [-0.25, -0.2) is 0 Å². The normalized spacial score (nSPS) is 17.5. The zero-order chi connectivity index (χ0) is 13.9. The summed E-state index contributed by atoms with van der Waals surface area (Å²) < 4.78 is 5.28. The molecule has 106 valence electrons. The molecule has 1 fully saturated rings. The molecule has 0 spiro atoms. The number of nitrogens with zero attached hydrogens (tertiary/aromatic N) is 1. The summed E-state index contributed by atoms with van der Waals surface area (Å²) in [4.78, 5) is 2.59. The van der Waals surface area contributed by atoms with Gasteiger partial charge in [-0.15, -0.1) is 0 Å². The second kappa shape index (κ2) is 5.84. The highest BCUT2D eigenvalue weighted by molar-refractivity contribution is 5.84.